The maximum atomic E-state index is 12.9. The Morgan fingerprint density at radius 3 is 2.39 bits per heavy atom. The van der Waals surface area contributed by atoms with E-state index >= 15 is 0 Å². The molecule has 1 saturated heterocycles. The van der Waals surface area contributed by atoms with Crippen LogP contribution in [0.2, 0.25) is 0 Å². The van der Waals surface area contributed by atoms with E-state index in [9.17, 15) is 9.59 Å². The molecule has 166 valence electrons. The molecule has 31 heavy (non-hydrogen) atoms. The highest BCUT2D eigenvalue weighted by Crippen LogP contribution is 2.23. The Morgan fingerprint density at radius 2 is 1.71 bits per heavy atom. The number of rotatable bonds is 8. The van der Waals surface area contributed by atoms with Crippen molar-refractivity contribution in [3.05, 3.63) is 65.7 Å². The highest BCUT2D eigenvalue weighted by molar-refractivity contribution is 5.95. The fourth-order valence-electron chi connectivity index (χ4n) is 4.40. The number of nitrogens with zero attached hydrogens (tertiary/aromatic N) is 2. The van der Waals surface area contributed by atoms with Crippen molar-refractivity contribution in [1.29, 1.82) is 0 Å². The van der Waals surface area contributed by atoms with Crippen LogP contribution >= 0.6 is 0 Å². The molecule has 0 spiro atoms. The number of para-hydroxylation sites is 1. The third-order valence-corrected chi connectivity index (χ3v) is 6.35. The second kappa shape index (κ2) is 11.1. The highest BCUT2D eigenvalue weighted by atomic mass is 16.2. The first-order valence-corrected chi connectivity index (χ1v) is 11.4. The summed E-state index contributed by atoms with van der Waals surface area (Å²) in [6, 6.07) is 18.2. The van der Waals surface area contributed by atoms with Crippen molar-refractivity contribution in [1.82, 2.24) is 9.80 Å². The van der Waals surface area contributed by atoms with E-state index in [0.29, 0.717) is 5.92 Å². The Hall–Kier alpha value is -2.66. The highest BCUT2D eigenvalue weighted by Gasteiger charge is 2.29. The van der Waals surface area contributed by atoms with Gasteiger partial charge in [0.1, 0.15) is 0 Å². The van der Waals surface area contributed by atoms with Gasteiger partial charge in [0, 0.05) is 12.7 Å². The Labute approximate surface area is 186 Å². The van der Waals surface area contributed by atoms with E-state index in [-0.39, 0.29) is 24.4 Å². The van der Waals surface area contributed by atoms with E-state index in [1.54, 1.807) is 11.9 Å². The molecular formula is C26H35N3O2. The molecule has 1 aliphatic heterocycles. The molecule has 0 radical (unpaired) electrons. The summed E-state index contributed by atoms with van der Waals surface area (Å²) in [4.78, 5) is 29.2. The van der Waals surface area contributed by atoms with Crippen molar-refractivity contribution in [3.8, 4) is 0 Å². The van der Waals surface area contributed by atoms with Crippen LogP contribution in [0.15, 0.2) is 54.6 Å². The van der Waals surface area contributed by atoms with Crippen LogP contribution in [-0.4, -0.2) is 54.3 Å². The lowest BCUT2D eigenvalue weighted by molar-refractivity contribution is -0.138. The average Bonchev–Trinajstić information content (AvgIpc) is 2.79. The van der Waals surface area contributed by atoms with Crippen LogP contribution in [0.4, 0.5) is 5.69 Å². The number of hydrogen-bond acceptors (Lipinski definition) is 3. The summed E-state index contributed by atoms with van der Waals surface area (Å²) in [5.41, 5.74) is 3.31. The predicted octanol–water partition coefficient (Wildman–Crippen LogP) is 3.99. The number of likely N-dealkylation sites (N-methyl/N-ethyl adjacent to an activating group) is 1. The molecule has 2 aromatic rings. The molecule has 1 unspecified atom stereocenters. The molecule has 0 saturated carbocycles. The Morgan fingerprint density at radius 1 is 1.06 bits per heavy atom. The summed E-state index contributed by atoms with van der Waals surface area (Å²) < 4.78 is 0. The van der Waals surface area contributed by atoms with Gasteiger partial charge in [-0.3, -0.25) is 14.5 Å². The van der Waals surface area contributed by atoms with Gasteiger partial charge in [0.25, 0.3) is 0 Å². The van der Waals surface area contributed by atoms with Gasteiger partial charge in [-0.25, -0.2) is 0 Å². The lowest BCUT2D eigenvalue weighted by Crippen LogP contribution is -2.50. The van der Waals surface area contributed by atoms with Crippen LogP contribution < -0.4 is 5.32 Å². The molecule has 2 amide bonds. The smallest absolute Gasteiger partial charge is 0.243 e. The van der Waals surface area contributed by atoms with Crippen molar-refractivity contribution in [2.45, 2.75) is 45.6 Å². The number of carbonyl (C=O) groups is 2. The Kier molecular flexibility index (Phi) is 8.24. The monoisotopic (exact) mass is 421 g/mol. The molecule has 1 heterocycles. The van der Waals surface area contributed by atoms with Crippen molar-refractivity contribution >= 4 is 17.5 Å². The molecule has 1 N–H and O–H groups in total. The van der Waals surface area contributed by atoms with Crippen LogP contribution in [0, 0.1) is 5.92 Å². The minimum atomic E-state index is -0.210. The minimum absolute atomic E-state index is 0.000404. The van der Waals surface area contributed by atoms with Gasteiger partial charge in [0.15, 0.2) is 0 Å². The average molecular weight is 422 g/mol. The number of benzene rings is 2. The van der Waals surface area contributed by atoms with Gasteiger partial charge in [-0.1, -0.05) is 55.5 Å². The minimum Gasteiger partial charge on any atom is -0.335 e. The van der Waals surface area contributed by atoms with Gasteiger partial charge >= 0.3 is 0 Å². The maximum absolute atomic E-state index is 12.9. The van der Waals surface area contributed by atoms with E-state index in [2.05, 4.69) is 47.5 Å². The first kappa shape index (κ1) is 23.0. The predicted molar refractivity (Wildman–Crippen MR) is 126 cm³/mol. The van der Waals surface area contributed by atoms with Gasteiger partial charge < -0.3 is 10.2 Å². The van der Waals surface area contributed by atoms with Gasteiger partial charge in [-0.05, 0) is 68.8 Å². The second-order valence-electron chi connectivity index (χ2n) is 8.60. The van der Waals surface area contributed by atoms with Crippen molar-refractivity contribution < 1.29 is 9.59 Å². The number of hydrogen-bond donors (Lipinski definition) is 1. The fraction of sp³-hybridized carbons (Fsp3) is 0.462. The van der Waals surface area contributed by atoms with Gasteiger partial charge in [-0.2, -0.15) is 0 Å². The summed E-state index contributed by atoms with van der Waals surface area (Å²) >= 11 is 0. The summed E-state index contributed by atoms with van der Waals surface area (Å²) in [5, 5.41) is 2.95. The van der Waals surface area contributed by atoms with Crippen LogP contribution in [0.1, 0.15) is 37.8 Å². The van der Waals surface area contributed by atoms with Crippen LogP contribution in [0.25, 0.3) is 0 Å². The zero-order valence-electron chi connectivity index (χ0n) is 19.0. The van der Waals surface area contributed by atoms with Gasteiger partial charge in [-0.15, -0.1) is 0 Å². The number of piperidine rings is 1. The lowest BCUT2D eigenvalue weighted by atomic mass is 9.89. The Bertz CT molecular complexity index is 860. The standard InChI is InChI=1S/C26H35N3O2/c1-4-23-12-8-9-13-24(23)27-25(30)19-28(3)26(31)20(2)29-16-14-22(15-17-29)18-21-10-6-5-7-11-21/h5-13,20,22H,4,14-19H2,1-3H3,(H,27,30). The number of anilines is 1. The number of aryl methyl sites for hydroxylation is 1. The van der Waals surface area contributed by atoms with Crippen molar-refractivity contribution in [3.63, 3.8) is 0 Å². The first-order chi connectivity index (χ1) is 15.0. The number of amides is 2. The quantitative estimate of drug-likeness (QED) is 0.701. The summed E-state index contributed by atoms with van der Waals surface area (Å²) in [6.07, 6.45) is 4.16. The summed E-state index contributed by atoms with van der Waals surface area (Å²) in [6.45, 7) is 5.93. The molecule has 0 aromatic heterocycles. The molecule has 1 atom stereocenters. The topological polar surface area (TPSA) is 52.7 Å². The normalized spacial score (nSPS) is 16.0. The van der Waals surface area contributed by atoms with E-state index in [0.717, 1.165) is 50.0 Å². The number of likely N-dealkylation sites (tertiary alicyclic amines) is 1. The second-order valence-corrected chi connectivity index (χ2v) is 8.60. The molecule has 3 rings (SSSR count). The Balaban J connectivity index is 1.46. The molecule has 5 nitrogen and oxygen atoms in total. The molecular weight excluding hydrogens is 386 g/mol. The van der Waals surface area contributed by atoms with Gasteiger partial charge in [0.05, 0.1) is 12.6 Å². The number of carbonyl (C=O) groups excluding carboxylic acids is 2. The molecule has 1 fully saturated rings. The molecule has 5 heteroatoms. The third-order valence-electron chi connectivity index (χ3n) is 6.35. The molecule has 1 aliphatic rings. The largest absolute Gasteiger partial charge is 0.335 e. The van der Waals surface area contributed by atoms with E-state index in [4.69, 9.17) is 0 Å². The van der Waals surface area contributed by atoms with E-state index in [1.165, 1.54) is 5.56 Å². The molecule has 0 aliphatic carbocycles. The SMILES string of the molecule is CCc1ccccc1NC(=O)CN(C)C(=O)C(C)N1CCC(Cc2ccccc2)CC1. The summed E-state index contributed by atoms with van der Waals surface area (Å²) in [5.74, 6) is 0.508. The zero-order valence-corrected chi connectivity index (χ0v) is 19.0. The summed E-state index contributed by atoms with van der Waals surface area (Å²) in [7, 11) is 1.71. The van der Waals surface area contributed by atoms with Crippen LogP contribution in [-0.2, 0) is 22.4 Å². The third kappa shape index (κ3) is 6.41. The zero-order chi connectivity index (χ0) is 22.2. The van der Waals surface area contributed by atoms with Crippen LogP contribution in [0.3, 0.4) is 0 Å². The van der Waals surface area contributed by atoms with Crippen molar-refractivity contribution in [2.75, 3.05) is 32.0 Å². The van der Waals surface area contributed by atoms with E-state index < -0.39 is 0 Å². The first-order valence-electron chi connectivity index (χ1n) is 11.4. The molecule has 2 aromatic carbocycles. The molecule has 0 bridgehead atoms. The fourth-order valence-corrected chi connectivity index (χ4v) is 4.40. The number of nitrogens with one attached hydrogen (secondary N) is 1. The maximum Gasteiger partial charge on any atom is 0.243 e. The van der Waals surface area contributed by atoms with E-state index in [1.807, 2.05) is 31.2 Å². The van der Waals surface area contributed by atoms with Gasteiger partial charge in [0.2, 0.25) is 11.8 Å². The van der Waals surface area contributed by atoms with Crippen LogP contribution in [0.5, 0.6) is 0 Å². The van der Waals surface area contributed by atoms with Crippen molar-refractivity contribution in [2.24, 2.45) is 5.92 Å². The lowest BCUT2D eigenvalue weighted by Gasteiger charge is -2.36.